The van der Waals surface area contributed by atoms with Crippen molar-refractivity contribution in [3.63, 3.8) is 0 Å². The Bertz CT molecular complexity index is 950. The standard InChI is InChI=1S/C12H19NO2S.C10H11N3/c14-16(15)7-12(8-16)1-2-13(6-12)11-4-9-3-10(9)5-11;1-2-13-7-5-10(12-13)9-4-3-6-11-8-9/h9-11H,1-8H2;3-8H,2H2,1H3/t9-,10+,11?;. The van der Waals surface area contributed by atoms with E-state index in [4.69, 9.17) is 0 Å². The van der Waals surface area contributed by atoms with Crippen LogP contribution in [-0.2, 0) is 16.4 Å². The molecule has 1 spiro atoms. The first kappa shape index (κ1) is 19.2. The van der Waals surface area contributed by atoms with Gasteiger partial charge in [0.25, 0.3) is 0 Å². The fourth-order valence-electron chi connectivity index (χ4n) is 5.59. The minimum absolute atomic E-state index is 0.172. The Labute approximate surface area is 173 Å². The molecule has 0 bridgehead atoms. The maximum Gasteiger partial charge on any atom is 0.151 e. The monoisotopic (exact) mass is 414 g/mol. The molecule has 2 aromatic rings. The van der Waals surface area contributed by atoms with Gasteiger partial charge in [0.05, 0.1) is 17.2 Å². The van der Waals surface area contributed by atoms with E-state index in [0.717, 1.165) is 55.2 Å². The highest BCUT2D eigenvalue weighted by molar-refractivity contribution is 7.92. The van der Waals surface area contributed by atoms with Crippen LogP contribution in [0.15, 0.2) is 36.8 Å². The number of nitrogens with zero attached hydrogens (tertiary/aromatic N) is 4. The molecule has 0 N–H and O–H groups in total. The molecular weight excluding hydrogens is 384 g/mol. The Morgan fingerprint density at radius 2 is 1.97 bits per heavy atom. The van der Waals surface area contributed by atoms with E-state index in [2.05, 4.69) is 21.9 Å². The van der Waals surface area contributed by atoms with E-state index in [-0.39, 0.29) is 5.41 Å². The third kappa shape index (κ3) is 3.99. The molecule has 0 radical (unpaired) electrons. The van der Waals surface area contributed by atoms with Crippen molar-refractivity contribution < 1.29 is 8.42 Å². The van der Waals surface area contributed by atoms with Gasteiger partial charge in [0.1, 0.15) is 0 Å². The zero-order valence-electron chi connectivity index (χ0n) is 17.1. The van der Waals surface area contributed by atoms with E-state index < -0.39 is 9.84 Å². The number of aryl methyl sites for hydroxylation is 1. The second-order valence-corrected chi connectivity index (χ2v) is 11.5. The van der Waals surface area contributed by atoms with Crippen LogP contribution in [0.2, 0.25) is 0 Å². The molecule has 6 nitrogen and oxygen atoms in total. The van der Waals surface area contributed by atoms with E-state index in [1.54, 1.807) is 6.20 Å². The fraction of sp³-hybridized carbons (Fsp3) is 0.636. The third-order valence-electron chi connectivity index (χ3n) is 7.18. The number of likely N-dealkylation sites (tertiary alicyclic amines) is 1. The smallest absolute Gasteiger partial charge is 0.151 e. The minimum Gasteiger partial charge on any atom is -0.300 e. The van der Waals surface area contributed by atoms with Gasteiger partial charge in [-0.25, -0.2) is 8.42 Å². The fourth-order valence-corrected chi connectivity index (χ4v) is 7.85. The Morgan fingerprint density at radius 3 is 2.59 bits per heavy atom. The highest BCUT2D eigenvalue weighted by Crippen LogP contribution is 2.54. The topological polar surface area (TPSA) is 68.1 Å². The van der Waals surface area contributed by atoms with Crippen molar-refractivity contribution in [1.29, 1.82) is 0 Å². The lowest BCUT2D eigenvalue weighted by Crippen LogP contribution is -2.50. The summed E-state index contributed by atoms with van der Waals surface area (Å²) in [6.45, 7) is 5.19. The number of aromatic nitrogens is 3. The van der Waals surface area contributed by atoms with Crippen LogP contribution in [0, 0.1) is 17.3 Å². The minimum atomic E-state index is -2.65. The Morgan fingerprint density at radius 1 is 1.17 bits per heavy atom. The highest BCUT2D eigenvalue weighted by Gasteiger charge is 2.55. The van der Waals surface area contributed by atoms with Gasteiger partial charge < -0.3 is 0 Å². The van der Waals surface area contributed by atoms with Gasteiger partial charge in [-0.15, -0.1) is 0 Å². The summed E-state index contributed by atoms with van der Waals surface area (Å²) in [6.07, 6.45) is 11.0. The van der Waals surface area contributed by atoms with Crippen molar-refractivity contribution in [2.24, 2.45) is 17.3 Å². The molecule has 2 saturated heterocycles. The van der Waals surface area contributed by atoms with E-state index in [0.29, 0.717) is 11.5 Å². The van der Waals surface area contributed by atoms with E-state index in [1.807, 2.05) is 35.3 Å². The molecule has 0 amide bonds. The molecule has 4 heterocycles. The maximum absolute atomic E-state index is 11.3. The quantitative estimate of drug-likeness (QED) is 0.773. The summed E-state index contributed by atoms with van der Waals surface area (Å²) < 4.78 is 24.5. The van der Waals surface area contributed by atoms with Crippen LogP contribution in [0.5, 0.6) is 0 Å². The van der Waals surface area contributed by atoms with Gasteiger partial charge in [-0.1, -0.05) is 0 Å². The summed E-state index contributed by atoms with van der Waals surface area (Å²) in [5.41, 5.74) is 2.22. The van der Waals surface area contributed by atoms with Crippen LogP contribution in [-0.4, -0.2) is 58.7 Å². The molecule has 2 aliphatic carbocycles. The summed E-state index contributed by atoms with van der Waals surface area (Å²) in [6, 6.07) is 6.72. The lowest BCUT2D eigenvalue weighted by atomic mass is 9.91. The van der Waals surface area contributed by atoms with Crippen LogP contribution in [0.3, 0.4) is 0 Å². The van der Waals surface area contributed by atoms with Crippen LogP contribution in [0.4, 0.5) is 0 Å². The van der Waals surface area contributed by atoms with Crippen molar-refractivity contribution in [3.8, 4) is 11.3 Å². The Hall–Kier alpha value is -1.73. The summed E-state index contributed by atoms with van der Waals surface area (Å²) >= 11 is 0. The largest absolute Gasteiger partial charge is 0.300 e. The zero-order chi connectivity index (χ0) is 20.1. The second kappa shape index (κ2) is 7.20. The van der Waals surface area contributed by atoms with Crippen molar-refractivity contribution in [2.75, 3.05) is 24.6 Å². The SMILES string of the molecule is CCn1ccc(-c2cccnc2)n1.O=S1(=O)CC2(CCN(C3C[C@@H]4C[C@@H]4C3)C2)C1. The molecule has 6 rings (SSSR count). The lowest BCUT2D eigenvalue weighted by molar-refractivity contribution is 0.204. The first-order valence-electron chi connectivity index (χ1n) is 10.8. The second-order valence-electron chi connectivity index (χ2n) is 9.43. The summed E-state index contributed by atoms with van der Waals surface area (Å²) in [4.78, 5) is 6.64. The average Bonchev–Trinajstić information content (AvgIpc) is 3.12. The van der Waals surface area contributed by atoms with Crippen molar-refractivity contribution >= 4 is 9.84 Å². The Kier molecular flexibility index (Phi) is 4.78. The number of rotatable bonds is 3. The predicted molar refractivity (Wildman–Crippen MR) is 113 cm³/mol. The van der Waals surface area contributed by atoms with E-state index in [1.165, 1.54) is 19.3 Å². The van der Waals surface area contributed by atoms with Gasteiger partial charge in [0, 0.05) is 48.7 Å². The first-order chi connectivity index (χ1) is 14.0. The molecule has 7 heteroatoms. The molecule has 1 unspecified atom stereocenters. The summed E-state index contributed by atoms with van der Waals surface area (Å²) in [5, 5.41) is 4.38. The molecular formula is C22H30N4O2S. The van der Waals surface area contributed by atoms with Gasteiger partial charge >= 0.3 is 0 Å². The molecule has 4 fully saturated rings. The van der Waals surface area contributed by atoms with Crippen LogP contribution in [0.1, 0.15) is 32.6 Å². The third-order valence-corrected chi connectivity index (χ3v) is 9.28. The lowest BCUT2D eigenvalue weighted by Gasteiger charge is -2.38. The molecule has 2 aromatic heterocycles. The first-order valence-corrected chi connectivity index (χ1v) is 12.7. The van der Waals surface area contributed by atoms with Gasteiger partial charge in [0.15, 0.2) is 9.84 Å². The molecule has 3 atom stereocenters. The van der Waals surface area contributed by atoms with E-state index >= 15 is 0 Å². The van der Waals surface area contributed by atoms with Gasteiger partial charge in [0.2, 0.25) is 0 Å². The van der Waals surface area contributed by atoms with Crippen LogP contribution < -0.4 is 0 Å². The maximum atomic E-state index is 11.3. The molecule has 4 aliphatic rings. The molecule has 2 saturated carbocycles. The van der Waals surface area contributed by atoms with Gasteiger partial charge in [-0.3, -0.25) is 14.6 Å². The summed E-state index contributed by atoms with van der Waals surface area (Å²) in [7, 11) is -2.65. The summed E-state index contributed by atoms with van der Waals surface area (Å²) in [5.74, 6) is 3.00. The molecule has 156 valence electrons. The van der Waals surface area contributed by atoms with Crippen LogP contribution in [0.25, 0.3) is 11.3 Å². The molecule has 0 aromatic carbocycles. The average molecular weight is 415 g/mol. The molecule has 29 heavy (non-hydrogen) atoms. The van der Waals surface area contributed by atoms with Gasteiger partial charge in [-0.2, -0.15) is 5.10 Å². The predicted octanol–water partition coefficient (Wildman–Crippen LogP) is 2.87. The molecule has 2 aliphatic heterocycles. The zero-order valence-corrected chi connectivity index (χ0v) is 17.9. The van der Waals surface area contributed by atoms with Crippen molar-refractivity contribution in [1.82, 2.24) is 19.7 Å². The van der Waals surface area contributed by atoms with Crippen molar-refractivity contribution in [2.45, 2.75) is 45.2 Å². The highest BCUT2D eigenvalue weighted by atomic mass is 32.2. The Balaban J connectivity index is 0.000000129. The van der Waals surface area contributed by atoms with Crippen LogP contribution >= 0.6 is 0 Å². The van der Waals surface area contributed by atoms with Gasteiger partial charge in [-0.05, 0) is 69.2 Å². The van der Waals surface area contributed by atoms with E-state index in [9.17, 15) is 8.42 Å². The number of hydrogen-bond donors (Lipinski definition) is 0. The number of hydrogen-bond acceptors (Lipinski definition) is 5. The van der Waals surface area contributed by atoms with Crippen molar-refractivity contribution in [3.05, 3.63) is 36.8 Å². The number of fused-ring (bicyclic) bond motifs is 1. The normalized spacial score (nSPS) is 31.0. The number of pyridine rings is 1. The number of sulfone groups is 1.